The molecule has 15 nitrogen and oxygen atoms in total. The summed E-state index contributed by atoms with van der Waals surface area (Å²) in [6.45, 7) is 0.505. The highest BCUT2D eigenvalue weighted by Gasteiger charge is 2.26. The van der Waals surface area contributed by atoms with Crippen molar-refractivity contribution in [2.24, 2.45) is 0 Å². The molecule has 41 heavy (non-hydrogen) atoms. The molecule has 0 aliphatic heterocycles. The molecule has 0 saturated heterocycles. The topological polar surface area (TPSA) is 234 Å². The molecule has 1 rings (SSSR count). The summed E-state index contributed by atoms with van der Waals surface area (Å²) in [4.78, 5) is 71.6. The highest BCUT2D eigenvalue weighted by molar-refractivity contribution is 7.96. The maximum atomic E-state index is 12.7. The zero-order valence-corrected chi connectivity index (χ0v) is 23.7. The van der Waals surface area contributed by atoms with Crippen molar-refractivity contribution in [1.29, 1.82) is 0 Å². The molecule has 0 radical (unpaired) electrons. The third-order valence-corrected chi connectivity index (χ3v) is 6.88. The molecule has 3 unspecified atom stereocenters. The number of benzene rings is 1. The molecule has 17 heteroatoms. The standard InChI is InChI=1S/C24H31ClN4O11S/c1-14(27-24(37)40-13-15-6-4-3-5-7-15)22(35)29-17(8-9-20(31)32)23(36)26-12-19(30)28-16(11-21(33)34)10-18(25)41(2,38)39/h3-7,10,14,16-17H,8-9,11-13H2,1-2H3,(H,26,36)(H,27,37)(H,28,30)(H,29,35)(H,31,32)(H,33,34). The van der Waals surface area contributed by atoms with Gasteiger partial charge in [0, 0.05) is 12.7 Å². The number of rotatable bonds is 16. The minimum atomic E-state index is -3.87. The average molecular weight is 619 g/mol. The van der Waals surface area contributed by atoms with Crippen LogP contribution in [0.15, 0.2) is 40.8 Å². The number of carbonyl (C=O) groups is 6. The number of carboxylic acids is 2. The second-order valence-electron chi connectivity index (χ2n) is 8.65. The van der Waals surface area contributed by atoms with Gasteiger partial charge in [0.05, 0.1) is 19.0 Å². The van der Waals surface area contributed by atoms with E-state index in [9.17, 15) is 37.2 Å². The van der Waals surface area contributed by atoms with E-state index in [4.69, 9.17) is 26.6 Å². The molecule has 226 valence electrons. The van der Waals surface area contributed by atoms with Gasteiger partial charge in [0.2, 0.25) is 17.7 Å². The van der Waals surface area contributed by atoms with Crippen molar-refractivity contribution in [3.8, 4) is 0 Å². The van der Waals surface area contributed by atoms with Gasteiger partial charge < -0.3 is 36.2 Å². The molecule has 0 spiro atoms. The van der Waals surface area contributed by atoms with Crippen LogP contribution in [0, 0.1) is 0 Å². The fraction of sp³-hybridized carbons (Fsp3) is 0.417. The molecule has 6 N–H and O–H groups in total. The van der Waals surface area contributed by atoms with Crippen LogP contribution < -0.4 is 21.3 Å². The van der Waals surface area contributed by atoms with Crippen molar-refractivity contribution < 1.29 is 52.1 Å². The minimum Gasteiger partial charge on any atom is -0.481 e. The molecule has 0 aliphatic carbocycles. The predicted octanol–water partition coefficient (Wildman–Crippen LogP) is -0.149. The first-order chi connectivity index (χ1) is 19.1. The van der Waals surface area contributed by atoms with Gasteiger partial charge in [-0.05, 0) is 25.0 Å². The van der Waals surface area contributed by atoms with Crippen molar-refractivity contribution in [3.63, 3.8) is 0 Å². The van der Waals surface area contributed by atoms with E-state index in [1.165, 1.54) is 6.92 Å². The first-order valence-corrected chi connectivity index (χ1v) is 14.2. The Morgan fingerprint density at radius 1 is 0.976 bits per heavy atom. The summed E-state index contributed by atoms with van der Waals surface area (Å²) in [5.41, 5.74) is 0.706. The smallest absolute Gasteiger partial charge is 0.408 e. The maximum Gasteiger partial charge on any atom is 0.408 e. The van der Waals surface area contributed by atoms with E-state index in [2.05, 4.69) is 21.3 Å². The normalized spacial score (nSPS) is 13.6. The van der Waals surface area contributed by atoms with Crippen molar-refractivity contribution >= 4 is 57.2 Å². The molecular weight excluding hydrogens is 588 g/mol. The first kappa shape index (κ1) is 34.8. The van der Waals surface area contributed by atoms with Gasteiger partial charge in [0.25, 0.3) is 0 Å². The first-order valence-electron chi connectivity index (χ1n) is 11.9. The fourth-order valence-corrected chi connectivity index (χ4v) is 3.57. The Hall–Kier alpha value is -4.18. The fourth-order valence-electron chi connectivity index (χ4n) is 3.01. The number of ether oxygens (including phenoxy) is 1. The Morgan fingerprint density at radius 3 is 2.17 bits per heavy atom. The van der Waals surface area contributed by atoms with Crippen LogP contribution in [-0.2, 0) is 45.2 Å². The zero-order valence-electron chi connectivity index (χ0n) is 22.1. The summed E-state index contributed by atoms with van der Waals surface area (Å²) >= 11 is 5.64. The van der Waals surface area contributed by atoms with Gasteiger partial charge in [-0.25, -0.2) is 13.2 Å². The lowest BCUT2D eigenvalue weighted by Crippen LogP contribution is -2.54. The molecule has 0 aliphatic rings. The summed E-state index contributed by atoms with van der Waals surface area (Å²) in [6, 6.07) is 4.78. The van der Waals surface area contributed by atoms with E-state index in [1.54, 1.807) is 30.3 Å². The molecule has 0 saturated carbocycles. The summed E-state index contributed by atoms with van der Waals surface area (Å²) in [5, 5.41) is 27.0. The van der Waals surface area contributed by atoms with Crippen molar-refractivity contribution in [1.82, 2.24) is 21.3 Å². The molecule has 0 aromatic heterocycles. The van der Waals surface area contributed by atoms with Crippen molar-refractivity contribution in [2.45, 2.75) is 50.9 Å². The third-order valence-electron chi connectivity index (χ3n) is 5.07. The molecule has 0 bridgehead atoms. The van der Waals surface area contributed by atoms with Crippen LogP contribution in [0.1, 0.15) is 31.7 Å². The predicted molar refractivity (Wildman–Crippen MR) is 144 cm³/mol. The van der Waals surface area contributed by atoms with E-state index < -0.39 is 87.5 Å². The SMILES string of the molecule is CC(NC(=O)OCc1ccccc1)C(=O)NC(CCC(=O)O)C(=O)NCC(=O)NC(C=C(Cl)S(C)(=O)=O)CC(=O)O. The lowest BCUT2D eigenvalue weighted by atomic mass is 10.1. The Balaban J connectivity index is 2.76. The number of halogens is 1. The van der Waals surface area contributed by atoms with E-state index >= 15 is 0 Å². The van der Waals surface area contributed by atoms with Crippen LogP contribution >= 0.6 is 11.6 Å². The molecule has 4 amide bonds. The Labute approximate surface area is 240 Å². The van der Waals surface area contributed by atoms with Gasteiger partial charge in [0.1, 0.15) is 23.1 Å². The lowest BCUT2D eigenvalue weighted by molar-refractivity contribution is -0.139. The largest absolute Gasteiger partial charge is 0.481 e. The quantitative estimate of drug-likeness (QED) is 0.142. The highest BCUT2D eigenvalue weighted by Crippen LogP contribution is 2.12. The van der Waals surface area contributed by atoms with Crippen molar-refractivity contribution in [2.75, 3.05) is 12.8 Å². The molecule has 0 heterocycles. The summed E-state index contributed by atoms with van der Waals surface area (Å²) < 4.78 is 27.3. The highest BCUT2D eigenvalue weighted by atomic mass is 35.5. The van der Waals surface area contributed by atoms with Crippen LogP contribution in [0.5, 0.6) is 0 Å². The van der Waals surface area contributed by atoms with Crippen LogP contribution in [0.4, 0.5) is 4.79 Å². The molecule has 1 aromatic rings. The molecule has 3 atom stereocenters. The number of carbonyl (C=O) groups excluding carboxylic acids is 4. The molecule has 1 aromatic carbocycles. The average Bonchev–Trinajstić information content (AvgIpc) is 2.87. The molecule has 0 fully saturated rings. The zero-order chi connectivity index (χ0) is 31.2. The summed E-state index contributed by atoms with van der Waals surface area (Å²) in [6.07, 6.45) is -0.932. The van der Waals surface area contributed by atoms with Crippen LogP contribution in [0.3, 0.4) is 0 Å². The Morgan fingerprint density at radius 2 is 1.61 bits per heavy atom. The van der Waals surface area contributed by atoms with E-state index in [-0.39, 0.29) is 13.0 Å². The number of hydrogen-bond donors (Lipinski definition) is 6. The number of sulfone groups is 1. The maximum absolute atomic E-state index is 12.7. The number of nitrogens with one attached hydrogen (secondary N) is 4. The number of hydrogen-bond acceptors (Lipinski definition) is 9. The van der Waals surface area contributed by atoms with Gasteiger partial charge in [-0.1, -0.05) is 41.9 Å². The second-order valence-corrected chi connectivity index (χ2v) is 11.3. The second kappa shape index (κ2) is 16.8. The third kappa shape index (κ3) is 14.7. The van der Waals surface area contributed by atoms with Crippen LogP contribution in [0.25, 0.3) is 0 Å². The van der Waals surface area contributed by atoms with E-state index in [1.807, 2.05) is 0 Å². The summed E-state index contributed by atoms with van der Waals surface area (Å²) in [7, 11) is -3.87. The van der Waals surface area contributed by atoms with Gasteiger partial charge in [-0.2, -0.15) is 0 Å². The van der Waals surface area contributed by atoms with E-state index in [0.29, 0.717) is 5.56 Å². The number of aliphatic carboxylic acids is 2. The minimum absolute atomic E-state index is 0.0592. The van der Waals surface area contributed by atoms with Crippen LogP contribution in [-0.4, -0.2) is 85.3 Å². The number of alkyl carbamates (subject to hydrolysis) is 1. The van der Waals surface area contributed by atoms with Crippen LogP contribution in [0.2, 0.25) is 0 Å². The van der Waals surface area contributed by atoms with Gasteiger partial charge in [0.15, 0.2) is 9.84 Å². The monoisotopic (exact) mass is 618 g/mol. The van der Waals surface area contributed by atoms with Gasteiger partial charge in [-0.15, -0.1) is 0 Å². The Kier molecular flexibility index (Phi) is 14.3. The van der Waals surface area contributed by atoms with Gasteiger partial charge in [-0.3, -0.25) is 24.0 Å². The Bertz CT molecular complexity index is 1260. The van der Waals surface area contributed by atoms with Gasteiger partial charge >= 0.3 is 18.0 Å². The lowest BCUT2D eigenvalue weighted by Gasteiger charge is -2.21. The number of carboxylic acid groups (broad SMARTS) is 2. The summed E-state index contributed by atoms with van der Waals surface area (Å²) in [5.74, 6) is -5.38. The van der Waals surface area contributed by atoms with Crippen molar-refractivity contribution in [3.05, 3.63) is 46.3 Å². The number of amides is 4. The molecular formula is C24H31ClN4O11S. The van der Waals surface area contributed by atoms with E-state index in [0.717, 1.165) is 12.3 Å².